The van der Waals surface area contributed by atoms with Gasteiger partial charge in [0.2, 0.25) is 0 Å². The third kappa shape index (κ3) is 3.81. The van der Waals surface area contributed by atoms with Crippen molar-refractivity contribution in [1.82, 2.24) is 9.88 Å². The van der Waals surface area contributed by atoms with Crippen LogP contribution in [0.1, 0.15) is 27.2 Å². The Morgan fingerprint density at radius 3 is 2.88 bits per heavy atom. The molecule has 1 aromatic heterocycles. The van der Waals surface area contributed by atoms with E-state index in [-0.39, 0.29) is 11.5 Å². The quantitative estimate of drug-likeness (QED) is 0.755. The summed E-state index contributed by atoms with van der Waals surface area (Å²) in [7, 11) is 0. The first kappa shape index (κ1) is 16.9. The van der Waals surface area contributed by atoms with Crippen LogP contribution in [0.4, 0.5) is 9.52 Å². The number of amides is 1. The summed E-state index contributed by atoms with van der Waals surface area (Å²) in [5.74, 6) is -0.778. The van der Waals surface area contributed by atoms with Gasteiger partial charge in [0.15, 0.2) is 5.13 Å². The molecule has 0 unspecified atom stereocenters. The average Bonchev–Trinajstić information content (AvgIpc) is 3.08. The largest absolute Gasteiger partial charge is 0.298 e. The predicted octanol–water partition coefficient (Wildman–Crippen LogP) is 4.09. The second-order valence-electron chi connectivity index (χ2n) is 6.34. The molecule has 26 heavy (non-hydrogen) atoms. The van der Waals surface area contributed by atoms with E-state index in [1.54, 1.807) is 6.07 Å². The van der Waals surface area contributed by atoms with Crippen LogP contribution in [0.5, 0.6) is 0 Å². The SMILES string of the molecule is O=C(Nc1nc(CN2CCc3ccccc3C2)cs1)c1cccc(F)c1. The van der Waals surface area contributed by atoms with E-state index >= 15 is 0 Å². The van der Waals surface area contributed by atoms with Crippen LogP contribution in [-0.4, -0.2) is 22.3 Å². The molecule has 2 heterocycles. The molecule has 6 heteroatoms. The van der Waals surface area contributed by atoms with Gasteiger partial charge in [-0.1, -0.05) is 30.3 Å². The van der Waals surface area contributed by atoms with Gasteiger partial charge in [-0.3, -0.25) is 15.0 Å². The number of nitrogens with zero attached hydrogens (tertiary/aromatic N) is 2. The van der Waals surface area contributed by atoms with Gasteiger partial charge in [0.1, 0.15) is 5.82 Å². The molecule has 1 amide bonds. The highest BCUT2D eigenvalue weighted by Gasteiger charge is 2.17. The molecular weight excluding hydrogens is 349 g/mol. The molecule has 2 aromatic carbocycles. The van der Waals surface area contributed by atoms with Crippen molar-refractivity contribution in [2.75, 3.05) is 11.9 Å². The number of carbonyl (C=O) groups is 1. The maximum atomic E-state index is 13.2. The Morgan fingerprint density at radius 2 is 2.04 bits per heavy atom. The third-order valence-electron chi connectivity index (χ3n) is 4.45. The van der Waals surface area contributed by atoms with Crippen LogP contribution in [-0.2, 0) is 19.5 Å². The first-order chi connectivity index (χ1) is 12.7. The summed E-state index contributed by atoms with van der Waals surface area (Å²) in [6.45, 7) is 2.67. The van der Waals surface area contributed by atoms with Crippen molar-refractivity contribution in [3.05, 3.63) is 82.1 Å². The number of hydrogen-bond acceptors (Lipinski definition) is 4. The monoisotopic (exact) mass is 367 g/mol. The fourth-order valence-electron chi connectivity index (χ4n) is 3.15. The summed E-state index contributed by atoms with van der Waals surface area (Å²) in [5, 5.41) is 5.24. The van der Waals surface area contributed by atoms with Gasteiger partial charge in [-0.2, -0.15) is 0 Å². The van der Waals surface area contributed by atoms with Gasteiger partial charge in [-0.15, -0.1) is 11.3 Å². The molecule has 3 aromatic rings. The fourth-order valence-corrected chi connectivity index (χ4v) is 3.85. The van der Waals surface area contributed by atoms with Crippen LogP contribution in [0.15, 0.2) is 53.9 Å². The Bertz CT molecular complexity index is 940. The lowest BCUT2D eigenvalue weighted by Gasteiger charge is -2.27. The Labute approximate surface area is 155 Å². The standard InChI is InChI=1S/C20H18FN3OS/c21-17-7-3-6-15(10-17)19(25)23-20-22-18(13-26-20)12-24-9-8-14-4-1-2-5-16(14)11-24/h1-7,10,13H,8-9,11-12H2,(H,22,23,25). The molecule has 0 saturated carbocycles. The van der Waals surface area contributed by atoms with Crippen LogP contribution in [0.25, 0.3) is 0 Å². The number of halogens is 1. The molecule has 4 nitrogen and oxygen atoms in total. The Morgan fingerprint density at radius 1 is 1.19 bits per heavy atom. The molecule has 1 aliphatic rings. The highest BCUT2D eigenvalue weighted by Crippen LogP contribution is 2.22. The van der Waals surface area contributed by atoms with Gasteiger partial charge in [-0.25, -0.2) is 9.37 Å². The molecule has 0 fully saturated rings. The van der Waals surface area contributed by atoms with Crippen molar-refractivity contribution in [1.29, 1.82) is 0 Å². The number of nitrogens with one attached hydrogen (secondary N) is 1. The smallest absolute Gasteiger partial charge is 0.257 e. The maximum Gasteiger partial charge on any atom is 0.257 e. The summed E-state index contributed by atoms with van der Waals surface area (Å²) in [5.41, 5.74) is 4.01. The summed E-state index contributed by atoms with van der Waals surface area (Å²) in [6.07, 6.45) is 1.05. The number of rotatable bonds is 4. The summed E-state index contributed by atoms with van der Waals surface area (Å²) < 4.78 is 13.2. The number of aromatic nitrogens is 1. The first-order valence-corrected chi connectivity index (χ1v) is 9.36. The second kappa shape index (κ2) is 7.35. The van der Waals surface area contributed by atoms with Crippen LogP contribution in [0, 0.1) is 5.82 Å². The van der Waals surface area contributed by atoms with Crippen LogP contribution >= 0.6 is 11.3 Å². The van der Waals surface area contributed by atoms with Crippen molar-refractivity contribution in [3.63, 3.8) is 0 Å². The number of thiazole rings is 1. The highest BCUT2D eigenvalue weighted by molar-refractivity contribution is 7.13. The van der Waals surface area contributed by atoms with Crippen molar-refractivity contribution in [2.24, 2.45) is 0 Å². The molecule has 0 radical (unpaired) electrons. The van der Waals surface area contributed by atoms with Gasteiger partial charge in [0.25, 0.3) is 5.91 Å². The normalized spacial score (nSPS) is 14.0. The van der Waals surface area contributed by atoms with E-state index in [1.165, 1.54) is 40.7 Å². The molecule has 1 aliphatic heterocycles. The molecule has 0 bridgehead atoms. The second-order valence-corrected chi connectivity index (χ2v) is 7.20. The molecule has 132 valence electrons. The minimum absolute atomic E-state index is 0.286. The molecule has 4 rings (SSSR count). The Hall–Kier alpha value is -2.57. The van der Waals surface area contributed by atoms with Crippen LogP contribution in [0.2, 0.25) is 0 Å². The van der Waals surface area contributed by atoms with Gasteiger partial charge < -0.3 is 0 Å². The summed E-state index contributed by atoms with van der Waals surface area (Å²) >= 11 is 1.39. The molecule has 0 saturated heterocycles. The van der Waals surface area contributed by atoms with E-state index in [0.29, 0.717) is 5.13 Å². The zero-order valence-corrected chi connectivity index (χ0v) is 14.9. The minimum atomic E-state index is -0.428. The van der Waals surface area contributed by atoms with Crippen molar-refractivity contribution in [2.45, 2.75) is 19.5 Å². The van der Waals surface area contributed by atoms with Crippen molar-refractivity contribution in [3.8, 4) is 0 Å². The number of fused-ring (bicyclic) bond motifs is 1. The van der Waals surface area contributed by atoms with Gasteiger partial charge in [0, 0.05) is 30.6 Å². The number of hydrogen-bond donors (Lipinski definition) is 1. The fraction of sp³-hybridized carbons (Fsp3) is 0.200. The Kier molecular flexibility index (Phi) is 4.77. The third-order valence-corrected chi connectivity index (χ3v) is 5.26. The summed E-state index contributed by atoms with van der Waals surface area (Å²) in [4.78, 5) is 19.0. The number of benzene rings is 2. The van der Waals surface area contributed by atoms with E-state index in [9.17, 15) is 9.18 Å². The van der Waals surface area contributed by atoms with E-state index in [1.807, 2.05) is 5.38 Å². The first-order valence-electron chi connectivity index (χ1n) is 8.48. The molecular formula is C20H18FN3OS. The average molecular weight is 367 g/mol. The number of carbonyl (C=O) groups excluding carboxylic acids is 1. The van der Waals surface area contributed by atoms with Gasteiger partial charge >= 0.3 is 0 Å². The van der Waals surface area contributed by atoms with Crippen molar-refractivity contribution < 1.29 is 9.18 Å². The molecule has 1 N–H and O–H groups in total. The lowest BCUT2D eigenvalue weighted by Crippen LogP contribution is -2.30. The lowest BCUT2D eigenvalue weighted by molar-refractivity contribution is 0.102. The maximum absolute atomic E-state index is 13.2. The van der Waals surface area contributed by atoms with E-state index < -0.39 is 5.82 Å². The van der Waals surface area contributed by atoms with E-state index in [2.05, 4.69) is 39.5 Å². The van der Waals surface area contributed by atoms with Crippen LogP contribution in [0.3, 0.4) is 0 Å². The molecule has 0 spiro atoms. The summed E-state index contributed by atoms with van der Waals surface area (Å²) in [6, 6.07) is 14.2. The predicted molar refractivity (Wildman–Crippen MR) is 101 cm³/mol. The topological polar surface area (TPSA) is 45.2 Å². The Balaban J connectivity index is 1.39. The lowest BCUT2D eigenvalue weighted by atomic mass is 10.00. The molecule has 0 aliphatic carbocycles. The van der Waals surface area contributed by atoms with Gasteiger partial charge in [0.05, 0.1) is 5.69 Å². The molecule has 0 atom stereocenters. The van der Waals surface area contributed by atoms with Crippen LogP contribution < -0.4 is 5.32 Å². The van der Waals surface area contributed by atoms with Crippen molar-refractivity contribution >= 4 is 22.4 Å². The van der Waals surface area contributed by atoms with E-state index in [0.717, 1.165) is 31.7 Å². The number of anilines is 1. The van der Waals surface area contributed by atoms with Gasteiger partial charge in [-0.05, 0) is 35.7 Å². The van der Waals surface area contributed by atoms with E-state index in [4.69, 9.17) is 0 Å². The minimum Gasteiger partial charge on any atom is -0.298 e. The highest BCUT2D eigenvalue weighted by atomic mass is 32.1. The zero-order valence-electron chi connectivity index (χ0n) is 14.1. The zero-order chi connectivity index (χ0) is 17.9.